The Hall–Kier alpha value is -3.10. The molecule has 2 aromatic carbocycles. The van der Waals surface area contributed by atoms with Crippen LogP contribution in [0, 0.1) is 0 Å². The number of nitrogens with one attached hydrogen (secondary N) is 1. The number of carbonyl (C=O) groups is 2. The fraction of sp³-hybridized carbons (Fsp3) is 0.263. The van der Waals surface area contributed by atoms with E-state index in [1.54, 1.807) is 12.1 Å². The van der Waals surface area contributed by atoms with Gasteiger partial charge in [0, 0.05) is 12.1 Å². The summed E-state index contributed by atoms with van der Waals surface area (Å²) in [6, 6.07) is 13.0. The third-order valence-corrected chi connectivity index (χ3v) is 3.83. The molecule has 1 amide bonds. The lowest BCUT2D eigenvalue weighted by Crippen LogP contribution is -2.36. The summed E-state index contributed by atoms with van der Waals surface area (Å²) < 4.78 is 10.1. The van der Waals surface area contributed by atoms with Gasteiger partial charge in [0.25, 0.3) is 0 Å². The van der Waals surface area contributed by atoms with Crippen LogP contribution in [0.5, 0.6) is 5.75 Å². The molecule has 0 radical (unpaired) electrons. The van der Waals surface area contributed by atoms with Crippen LogP contribution in [0.15, 0.2) is 48.5 Å². The molecule has 8 nitrogen and oxygen atoms in total. The van der Waals surface area contributed by atoms with Crippen molar-refractivity contribution in [1.82, 2.24) is 5.32 Å². The van der Waals surface area contributed by atoms with Crippen molar-refractivity contribution in [2.24, 2.45) is 0 Å². The zero-order valence-corrected chi connectivity index (χ0v) is 14.7. The SMILES string of the molecule is COc1ccc(C(=O)O)cc1C(O)C(O)CNC(=O)OCc1ccccc1. The van der Waals surface area contributed by atoms with E-state index in [1.165, 1.54) is 25.3 Å². The number of carbonyl (C=O) groups excluding carboxylic acids is 1. The van der Waals surface area contributed by atoms with Crippen molar-refractivity contribution in [1.29, 1.82) is 0 Å². The summed E-state index contributed by atoms with van der Waals surface area (Å²) in [5.74, 6) is -0.957. The van der Waals surface area contributed by atoms with Gasteiger partial charge in [0.2, 0.25) is 0 Å². The summed E-state index contributed by atoms with van der Waals surface area (Å²) in [5.41, 5.74) is 0.847. The number of aromatic carboxylic acids is 1. The Balaban J connectivity index is 1.93. The third kappa shape index (κ3) is 5.70. The van der Waals surface area contributed by atoms with Crippen molar-refractivity contribution >= 4 is 12.1 Å². The molecule has 0 heterocycles. The number of rotatable bonds is 8. The zero-order valence-electron chi connectivity index (χ0n) is 14.7. The summed E-state index contributed by atoms with van der Waals surface area (Å²) in [6.07, 6.45) is -3.61. The standard InChI is InChI=1S/C19H21NO7/c1-26-16-8-7-13(18(23)24)9-14(16)17(22)15(21)10-20-19(25)27-11-12-5-3-2-4-6-12/h2-9,15,17,21-22H,10-11H2,1H3,(H,20,25)(H,23,24). The molecule has 2 aromatic rings. The van der Waals surface area contributed by atoms with Gasteiger partial charge in [-0.1, -0.05) is 30.3 Å². The highest BCUT2D eigenvalue weighted by atomic mass is 16.5. The highest BCUT2D eigenvalue weighted by Gasteiger charge is 2.24. The summed E-state index contributed by atoms with van der Waals surface area (Å²) in [6.45, 7) is -0.227. The Morgan fingerprint density at radius 3 is 2.44 bits per heavy atom. The number of ether oxygens (including phenoxy) is 2. The largest absolute Gasteiger partial charge is 0.496 e. The maximum atomic E-state index is 11.7. The topological polar surface area (TPSA) is 125 Å². The minimum atomic E-state index is -1.46. The molecule has 2 rings (SSSR count). The molecule has 0 aliphatic carbocycles. The van der Waals surface area contributed by atoms with Crippen LogP contribution in [0.1, 0.15) is 27.6 Å². The lowest BCUT2D eigenvalue weighted by atomic mass is 10.0. The zero-order chi connectivity index (χ0) is 19.8. The minimum Gasteiger partial charge on any atom is -0.496 e. The fourth-order valence-corrected chi connectivity index (χ4v) is 2.38. The molecule has 0 spiro atoms. The molecule has 0 aromatic heterocycles. The van der Waals surface area contributed by atoms with Gasteiger partial charge in [-0.15, -0.1) is 0 Å². The van der Waals surface area contributed by atoms with Gasteiger partial charge in [-0.2, -0.15) is 0 Å². The average Bonchev–Trinajstić information content (AvgIpc) is 2.70. The van der Waals surface area contributed by atoms with Gasteiger partial charge in [0.05, 0.1) is 12.7 Å². The van der Waals surface area contributed by atoms with Crippen LogP contribution in [0.2, 0.25) is 0 Å². The Morgan fingerprint density at radius 1 is 1.11 bits per heavy atom. The minimum absolute atomic E-state index is 0.0627. The maximum absolute atomic E-state index is 11.7. The lowest BCUT2D eigenvalue weighted by molar-refractivity contribution is 0.0170. The average molecular weight is 375 g/mol. The molecule has 0 aliphatic rings. The Kier molecular flexibility index (Phi) is 7.16. The van der Waals surface area contributed by atoms with E-state index in [0.29, 0.717) is 0 Å². The third-order valence-electron chi connectivity index (χ3n) is 3.83. The van der Waals surface area contributed by atoms with Gasteiger partial charge in [0.15, 0.2) is 0 Å². The van der Waals surface area contributed by atoms with Crippen LogP contribution in [-0.4, -0.2) is 47.1 Å². The number of methoxy groups -OCH3 is 1. The number of hydrogen-bond acceptors (Lipinski definition) is 6. The number of carboxylic acids is 1. The molecule has 2 unspecified atom stereocenters. The van der Waals surface area contributed by atoms with Crippen LogP contribution in [0.4, 0.5) is 4.79 Å². The number of amides is 1. The fourth-order valence-electron chi connectivity index (χ4n) is 2.38. The van der Waals surface area contributed by atoms with E-state index in [1.807, 2.05) is 18.2 Å². The molecule has 27 heavy (non-hydrogen) atoms. The van der Waals surface area contributed by atoms with Crippen molar-refractivity contribution in [3.8, 4) is 5.75 Å². The normalized spacial score (nSPS) is 12.7. The molecule has 0 saturated heterocycles. The van der Waals surface area contributed by atoms with Crippen molar-refractivity contribution in [3.63, 3.8) is 0 Å². The molecule has 4 N–H and O–H groups in total. The van der Waals surface area contributed by atoms with Crippen LogP contribution in [-0.2, 0) is 11.3 Å². The summed E-state index contributed by atoms with van der Waals surface area (Å²) >= 11 is 0. The van der Waals surface area contributed by atoms with E-state index in [-0.39, 0.29) is 30.0 Å². The Bertz CT molecular complexity index is 779. The lowest BCUT2D eigenvalue weighted by Gasteiger charge is -2.21. The number of carboxylic acid groups (broad SMARTS) is 1. The summed E-state index contributed by atoms with van der Waals surface area (Å²) in [7, 11) is 1.36. The molecule has 144 valence electrons. The first kappa shape index (κ1) is 20.2. The number of aliphatic hydroxyl groups excluding tert-OH is 2. The van der Waals surface area contributed by atoms with Crippen LogP contribution in [0.25, 0.3) is 0 Å². The van der Waals surface area contributed by atoms with Gasteiger partial charge < -0.3 is 30.1 Å². The number of hydrogen-bond donors (Lipinski definition) is 4. The van der Waals surface area contributed by atoms with Gasteiger partial charge in [-0.3, -0.25) is 0 Å². The molecular weight excluding hydrogens is 354 g/mol. The second kappa shape index (κ2) is 9.56. The second-order valence-electron chi connectivity index (χ2n) is 5.72. The van der Waals surface area contributed by atoms with Crippen LogP contribution in [0.3, 0.4) is 0 Å². The van der Waals surface area contributed by atoms with E-state index in [2.05, 4.69) is 5.32 Å². The smallest absolute Gasteiger partial charge is 0.407 e. The molecule has 8 heteroatoms. The van der Waals surface area contributed by atoms with E-state index in [9.17, 15) is 19.8 Å². The monoisotopic (exact) mass is 375 g/mol. The molecule has 0 saturated carbocycles. The van der Waals surface area contributed by atoms with Gasteiger partial charge in [-0.25, -0.2) is 9.59 Å². The first-order chi connectivity index (χ1) is 12.9. The quantitative estimate of drug-likeness (QED) is 0.553. The molecular formula is C19H21NO7. The van der Waals surface area contributed by atoms with E-state index >= 15 is 0 Å². The van der Waals surface area contributed by atoms with Gasteiger partial charge in [0.1, 0.15) is 24.6 Å². The van der Waals surface area contributed by atoms with Crippen LogP contribution < -0.4 is 10.1 Å². The predicted octanol–water partition coefficient (Wildman–Crippen LogP) is 1.71. The number of aliphatic hydroxyl groups is 2. The van der Waals surface area contributed by atoms with Crippen LogP contribution >= 0.6 is 0 Å². The van der Waals surface area contributed by atoms with E-state index < -0.39 is 24.3 Å². The van der Waals surface area contributed by atoms with Crippen molar-refractivity contribution in [3.05, 3.63) is 65.2 Å². The number of alkyl carbamates (subject to hydrolysis) is 1. The maximum Gasteiger partial charge on any atom is 0.407 e. The van der Waals surface area contributed by atoms with E-state index in [4.69, 9.17) is 14.6 Å². The molecule has 0 fully saturated rings. The summed E-state index contributed by atoms with van der Waals surface area (Å²) in [5, 5.41) is 31.9. The van der Waals surface area contributed by atoms with Gasteiger partial charge >= 0.3 is 12.1 Å². The van der Waals surface area contributed by atoms with Crippen molar-refractivity contribution < 1.29 is 34.4 Å². The first-order valence-corrected chi connectivity index (χ1v) is 8.14. The Morgan fingerprint density at radius 2 is 1.81 bits per heavy atom. The Labute approximate surface area is 156 Å². The van der Waals surface area contributed by atoms with E-state index in [0.717, 1.165) is 5.56 Å². The molecule has 0 bridgehead atoms. The second-order valence-corrected chi connectivity index (χ2v) is 5.72. The highest BCUT2D eigenvalue weighted by Crippen LogP contribution is 2.28. The van der Waals surface area contributed by atoms with Crippen molar-refractivity contribution in [2.45, 2.75) is 18.8 Å². The molecule has 0 aliphatic heterocycles. The number of benzene rings is 2. The summed E-state index contributed by atoms with van der Waals surface area (Å²) in [4.78, 5) is 22.8. The van der Waals surface area contributed by atoms with Gasteiger partial charge in [-0.05, 0) is 23.8 Å². The molecule has 2 atom stereocenters. The highest BCUT2D eigenvalue weighted by molar-refractivity contribution is 5.88. The first-order valence-electron chi connectivity index (χ1n) is 8.14. The van der Waals surface area contributed by atoms with Crippen molar-refractivity contribution in [2.75, 3.05) is 13.7 Å². The predicted molar refractivity (Wildman–Crippen MR) is 95.5 cm³/mol.